The first-order valence-electron chi connectivity index (χ1n) is 2.46. The van der Waals surface area contributed by atoms with Gasteiger partial charge < -0.3 is 0 Å². The fourth-order valence-electron chi connectivity index (χ4n) is 0.0871. The summed E-state index contributed by atoms with van der Waals surface area (Å²) in [5.41, 5.74) is 0. The van der Waals surface area contributed by atoms with Gasteiger partial charge >= 0.3 is 0 Å². The Morgan fingerprint density at radius 1 is 1.67 bits per heavy atom. The maximum Gasteiger partial charge on any atom is 0.134 e. The number of hydrogen-bond donors (Lipinski definition) is 1. The molecule has 0 amide bonds. The van der Waals surface area contributed by atoms with Crippen molar-refractivity contribution >= 4 is 9.73 Å². The van der Waals surface area contributed by atoms with Crippen LogP contribution in [0.5, 0.6) is 0 Å². The summed E-state index contributed by atoms with van der Waals surface area (Å²) in [7, 11) is -2.71. The Labute approximate surface area is 55.7 Å². The number of nitriles is 1. The highest BCUT2D eigenvalue weighted by Crippen LogP contribution is 2.12. The Kier molecular flexibility index (Phi) is 1.87. The van der Waals surface area contributed by atoms with E-state index in [0.717, 1.165) is 0 Å². The molecule has 0 aliphatic heterocycles. The Balaban J connectivity index is 4.85. The van der Waals surface area contributed by atoms with Gasteiger partial charge in [-0.05, 0) is 13.8 Å². The van der Waals surface area contributed by atoms with Crippen molar-refractivity contribution < 1.29 is 4.21 Å². The van der Waals surface area contributed by atoms with Crippen molar-refractivity contribution in [2.24, 2.45) is 0 Å². The molecular weight excluding hydrogens is 136 g/mol. The van der Waals surface area contributed by atoms with Gasteiger partial charge in [-0.2, -0.15) is 5.26 Å². The summed E-state index contributed by atoms with van der Waals surface area (Å²) < 4.78 is 16.9. The summed E-state index contributed by atoms with van der Waals surface area (Å²) in [5, 5.41) is 8.38. The van der Waals surface area contributed by atoms with Crippen molar-refractivity contribution in [3.8, 4) is 6.07 Å². The standard InChI is InChI=1S/C5H10N2OS/c1-5(2,4-6)9(3,7)8/h7H,1-3H3/t9-/m1/s1. The van der Waals surface area contributed by atoms with Gasteiger partial charge in [0.15, 0.2) is 0 Å². The van der Waals surface area contributed by atoms with Gasteiger partial charge in [-0.15, -0.1) is 0 Å². The van der Waals surface area contributed by atoms with Crippen LogP contribution in [0.4, 0.5) is 0 Å². The third-order valence-corrected chi connectivity index (χ3v) is 3.28. The minimum Gasteiger partial charge on any atom is -0.252 e. The van der Waals surface area contributed by atoms with Gasteiger partial charge in [0.25, 0.3) is 0 Å². The molecule has 0 aromatic rings. The second-order valence-electron chi connectivity index (χ2n) is 2.47. The smallest absolute Gasteiger partial charge is 0.134 e. The highest BCUT2D eigenvalue weighted by atomic mass is 32.2. The Morgan fingerprint density at radius 3 is 2.00 bits per heavy atom. The maximum absolute atomic E-state index is 10.9. The van der Waals surface area contributed by atoms with Crippen molar-refractivity contribution in [2.45, 2.75) is 18.6 Å². The van der Waals surface area contributed by atoms with Gasteiger partial charge in [0.1, 0.15) is 4.75 Å². The molecule has 4 heteroatoms. The van der Waals surface area contributed by atoms with E-state index in [1.54, 1.807) is 0 Å². The van der Waals surface area contributed by atoms with E-state index in [1.165, 1.54) is 20.1 Å². The highest BCUT2D eigenvalue weighted by molar-refractivity contribution is 7.93. The first-order valence-corrected chi connectivity index (χ1v) is 4.42. The molecule has 0 bridgehead atoms. The van der Waals surface area contributed by atoms with E-state index in [9.17, 15) is 4.21 Å². The lowest BCUT2D eigenvalue weighted by Crippen LogP contribution is -2.27. The summed E-state index contributed by atoms with van der Waals surface area (Å²) in [6, 6.07) is 1.82. The molecule has 0 saturated carbocycles. The fraction of sp³-hybridized carbons (Fsp3) is 0.800. The van der Waals surface area contributed by atoms with E-state index < -0.39 is 14.5 Å². The molecule has 0 heterocycles. The van der Waals surface area contributed by atoms with Crippen LogP contribution < -0.4 is 0 Å². The molecule has 0 fully saturated rings. The zero-order valence-corrected chi connectivity index (χ0v) is 6.58. The second-order valence-corrected chi connectivity index (χ2v) is 5.17. The second kappa shape index (κ2) is 1.99. The van der Waals surface area contributed by atoms with E-state index in [4.69, 9.17) is 10.0 Å². The van der Waals surface area contributed by atoms with Crippen molar-refractivity contribution in [1.29, 1.82) is 10.0 Å². The molecule has 3 nitrogen and oxygen atoms in total. The molecule has 0 rings (SSSR count). The molecular formula is C5H10N2OS. The molecule has 0 unspecified atom stereocenters. The van der Waals surface area contributed by atoms with Crippen LogP contribution in [0.3, 0.4) is 0 Å². The molecule has 0 spiro atoms. The van der Waals surface area contributed by atoms with E-state index >= 15 is 0 Å². The van der Waals surface area contributed by atoms with Crippen LogP contribution in [0.2, 0.25) is 0 Å². The molecule has 0 aromatic heterocycles. The van der Waals surface area contributed by atoms with Crippen molar-refractivity contribution in [1.82, 2.24) is 0 Å². The van der Waals surface area contributed by atoms with Crippen LogP contribution in [-0.2, 0) is 9.73 Å². The van der Waals surface area contributed by atoms with Gasteiger partial charge in [0.05, 0.1) is 15.8 Å². The van der Waals surface area contributed by atoms with Gasteiger partial charge in [-0.25, -0.2) is 4.21 Å². The SMILES string of the molecule is CC(C)(C#N)[S@](C)(=N)=O. The summed E-state index contributed by atoms with van der Waals surface area (Å²) in [6.07, 6.45) is 1.27. The molecule has 0 aromatic carbocycles. The molecule has 0 saturated heterocycles. The summed E-state index contributed by atoms with van der Waals surface area (Å²) >= 11 is 0. The van der Waals surface area contributed by atoms with E-state index in [2.05, 4.69) is 0 Å². The molecule has 0 aliphatic rings. The first kappa shape index (κ1) is 8.44. The third-order valence-electron chi connectivity index (χ3n) is 1.24. The number of hydrogen-bond acceptors (Lipinski definition) is 3. The number of rotatable bonds is 1. The Bertz CT molecular complexity index is 232. The zero-order valence-electron chi connectivity index (χ0n) is 5.76. The normalized spacial score (nSPS) is 18.0. The predicted molar refractivity (Wildman–Crippen MR) is 36.5 cm³/mol. The molecule has 1 N–H and O–H groups in total. The largest absolute Gasteiger partial charge is 0.252 e. The van der Waals surface area contributed by atoms with Gasteiger partial charge in [-0.1, -0.05) is 0 Å². The molecule has 0 radical (unpaired) electrons. The van der Waals surface area contributed by atoms with E-state index in [0.29, 0.717) is 0 Å². The van der Waals surface area contributed by atoms with Crippen molar-refractivity contribution in [2.75, 3.05) is 6.26 Å². The minimum absolute atomic E-state index is 1.02. The molecule has 52 valence electrons. The number of nitrogens with one attached hydrogen (secondary N) is 1. The predicted octanol–water partition coefficient (Wildman–Crippen LogP) is 0.965. The lowest BCUT2D eigenvalue weighted by Gasteiger charge is -2.14. The third kappa shape index (κ3) is 1.68. The fourth-order valence-corrected chi connectivity index (χ4v) is 0.261. The first-order chi connectivity index (χ1) is 3.81. The van der Waals surface area contributed by atoms with E-state index in [-0.39, 0.29) is 0 Å². The quantitative estimate of drug-likeness (QED) is 0.599. The molecule has 1 atom stereocenters. The summed E-state index contributed by atoms with van der Waals surface area (Å²) in [4.78, 5) is 0. The Hall–Kier alpha value is -0.560. The van der Waals surface area contributed by atoms with Gasteiger partial charge in [0.2, 0.25) is 0 Å². The highest BCUT2D eigenvalue weighted by Gasteiger charge is 2.25. The van der Waals surface area contributed by atoms with Crippen LogP contribution in [0, 0.1) is 16.1 Å². The summed E-state index contributed by atoms with van der Waals surface area (Å²) in [6.45, 7) is 3.00. The van der Waals surface area contributed by atoms with Gasteiger partial charge in [0, 0.05) is 6.26 Å². The van der Waals surface area contributed by atoms with Crippen molar-refractivity contribution in [3.63, 3.8) is 0 Å². The van der Waals surface area contributed by atoms with Crippen LogP contribution in [0.15, 0.2) is 0 Å². The van der Waals surface area contributed by atoms with Crippen LogP contribution in [0.1, 0.15) is 13.8 Å². The maximum atomic E-state index is 10.9. The monoisotopic (exact) mass is 146 g/mol. The molecule has 9 heavy (non-hydrogen) atoms. The average molecular weight is 146 g/mol. The number of nitrogens with zero attached hydrogens (tertiary/aromatic N) is 1. The lowest BCUT2D eigenvalue weighted by atomic mass is 10.2. The Morgan fingerprint density at radius 2 is 2.00 bits per heavy atom. The van der Waals surface area contributed by atoms with Crippen LogP contribution in [0.25, 0.3) is 0 Å². The van der Waals surface area contributed by atoms with Crippen LogP contribution in [-0.4, -0.2) is 15.2 Å². The van der Waals surface area contributed by atoms with Crippen molar-refractivity contribution in [3.05, 3.63) is 0 Å². The van der Waals surface area contributed by atoms with Gasteiger partial charge in [-0.3, -0.25) is 4.78 Å². The molecule has 0 aliphatic carbocycles. The summed E-state index contributed by atoms with van der Waals surface area (Å²) in [5.74, 6) is 0. The lowest BCUT2D eigenvalue weighted by molar-refractivity contribution is 0.659. The zero-order chi connectivity index (χ0) is 7.71. The van der Waals surface area contributed by atoms with E-state index in [1.807, 2.05) is 6.07 Å². The minimum atomic E-state index is -2.71. The average Bonchev–Trinajstić information content (AvgIpc) is 1.64. The topological polar surface area (TPSA) is 64.7 Å². The van der Waals surface area contributed by atoms with Crippen LogP contribution >= 0.6 is 0 Å².